The van der Waals surface area contributed by atoms with E-state index in [4.69, 9.17) is 5.11 Å². The van der Waals surface area contributed by atoms with Crippen LogP contribution in [0.1, 0.15) is 11.1 Å². The Labute approximate surface area is 73.2 Å². The molecule has 0 unspecified atom stereocenters. The average molecular weight is 165 g/mol. The van der Waals surface area contributed by atoms with E-state index in [0.717, 1.165) is 18.5 Å². The zero-order valence-electron chi connectivity index (χ0n) is 7.38. The largest absolute Gasteiger partial charge is 0.392 e. The van der Waals surface area contributed by atoms with Gasteiger partial charge in [-0.15, -0.1) is 0 Å². The molecule has 0 saturated carbocycles. The number of hydrogen-bond acceptors (Lipinski definition) is 2. The molecule has 0 fully saturated rings. The van der Waals surface area contributed by atoms with Crippen LogP contribution in [0, 0.1) is 0 Å². The highest BCUT2D eigenvalue weighted by atomic mass is 16.3. The number of benzene rings is 1. The van der Waals surface area contributed by atoms with Gasteiger partial charge in [0.15, 0.2) is 0 Å². The van der Waals surface area contributed by atoms with Gasteiger partial charge in [0, 0.05) is 0 Å². The Morgan fingerprint density at radius 3 is 2.75 bits per heavy atom. The van der Waals surface area contributed by atoms with Gasteiger partial charge in [-0.2, -0.15) is 0 Å². The monoisotopic (exact) mass is 165 g/mol. The topological polar surface area (TPSA) is 32.3 Å². The molecule has 2 heteroatoms. The van der Waals surface area contributed by atoms with E-state index >= 15 is 0 Å². The molecular weight excluding hydrogens is 150 g/mol. The van der Waals surface area contributed by atoms with E-state index in [-0.39, 0.29) is 6.61 Å². The van der Waals surface area contributed by atoms with Gasteiger partial charge in [0.25, 0.3) is 0 Å². The molecule has 0 atom stereocenters. The van der Waals surface area contributed by atoms with Crippen molar-refractivity contribution in [1.29, 1.82) is 0 Å². The van der Waals surface area contributed by atoms with Crippen LogP contribution in [0.2, 0.25) is 0 Å². The lowest BCUT2D eigenvalue weighted by Gasteiger charge is -2.02. The van der Waals surface area contributed by atoms with E-state index in [1.54, 1.807) is 0 Å². The molecule has 66 valence electrons. The number of rotatable bonds is 4. The fraction of sp³-hybridized carbons (Fsp3) is 0.400. The highest BCUT2D eigenvalue weighted by molar-refractivity contribution is 5.23. The van der Waals surface area contributed by atoms with E-state index in [0.29, 0.717) is 0 Å². The summed E-state index contributed by atoms with van der Waals surface area (Å²) in [6.45, 7) is 1.11. The molecule has 12 heavy (non-hydrogen) atoms. The first-order chi connectivity index (χ1) is 5.86. The molecule has 1 rings (SSSR count). The number of aliphatic hydroxyl groups excluding tert-OH is 1. The van der Waals surface area contributed by atoms with Crippen molar-refractivity contribution in [3.63, 3.8) is 0 Å². The summed E-state index contributed by atoms with van der Waals surface area (Å²) in [7, 11) is 1.94. The molecule has 2 nitrogen and oxygen atoms in total. The number of likely N-dealkylation sites (N-methyl/N-ethyl adjacent to an activating group) is 1. The Balaban J connectivity index is 2.60. The predicted octanol–water partition coefficient (Wildman–Crippen LogP) is 0.941. The van der Waals surface area contributed by atoms with Crippen molar-refractivity contribution in [1.82, 2.24) is 5.32 Å². The highest BCUT2D eigenvalue weighted by Gasteiger charge is 1.93. The van der Waals surface area contributed by atoms with Gasteiger partial charge in [-0.25, -0.2) is 0 Å². The predicted molar refractivity (Wildman–Crippen MR) is 50.0 cm³/mol. The molecular formula is C10H15NO. The lowest BCUT2D eigenvalue weighted by atomic mass is 10.1. The van der Waals surface area contributed by atoms with Gasteiger partial charge in [0.2, 0.25) is 0 Å². The maximum absolute atomic E-state index is 8.87. The molecule has 1 aromatic rings. The van der Waals surface area contributed by atoms with Crippen molar-refractivity contribution >= 4 is 0 Å². The standard InChI is InChI=1S/C10H15NO/c1-11-6-5-9-3-2-4-10(7-9)8-12/h2-4,7,11-12H,5-6,8H2,1H3. The summed E-state index contributed by atoms with van der Waals surface area (Å²) in [4.78, 5) is 0. The van der Waals surface area contributed by atoms with Crippen LogP contribution in [0.5, 0.6) is 0 Å². The normalized spacial score (nSPS) is 10.2. The molecule has 0 saturated heterocycles. The highest BCUT2D eigenvalue weighted by Crippen LogP contribution is 2.05. The molecule has 1 aromatic carbocycles. The van der Waals surface area contributed by atoms with Crippen LogP contribution < -0.4 is 5.32 Å². The summed E-state index contributed by atoms with van der Waals surface area (Å²) in [6.07, 6.45) is 1.02. The van der Waals surface area contributed by atoms with Crippen LogP contribution in [-0.2, 0) is 13.0 Å². The Bertz CT molecular complexity index is 235. The fourth-order valence-electron chi connectivity index (χ4n) is 1.15. The van der Waals surface area contributed by atoms with Gasteiger partial charge < -0.3 is 10.4 Å². The first-order valence-corrected chi connectivity index (χ1v) is 4.20. The lowest BCUT2D eigenvalue weighted by Crippen LogP contribution is -2.10. The minimum Gasteiger partial charge on any atom is -0.392 e. The second kappa shape index (κ2) is 4.91. The van der Waals surface area contributed by atoms with Crippen molar-refractivity contribution in [2.45, 2.75) is 13.0 Å². The van der Waals surface area contributed by atoms with Gasteiger partial charge in [-0.05, 0) is 31.1 Å². The zero-order valence-corrected chi connectivity index (χ0v) is 7.38. The van der Waals surface area contributed by atoms with Crippen molar-refractivity contribution in [2.24, 2.45) is 0 Å². The van der Waals surface area contributed by atoms with Gasteiger partial charge >= 0.3 is 0 Å². The van der Waals surface area contributed by atoms with Crippen molar-refractivity contribution < 1.29 is 5.11 Å². The molecule has 2 N–H and O–H groups in total. The minimum atomic E-state index is 0.132. The zero-order chi connectivity index (χ0) is 8.81. The summed E-state index contributed by atoms with van der Waals surface area (Å²) in [6, 6.07) is 8.03. The van der Waals surface area contributed by atoms with Crippen LogP contribution in [0.25, 0.3) is 0 Å². The summed E-state index contributed by atoms with van der Waals surface area (Å²) in [5, 5.41) is 12.0. The Morgan fingerprint density at radius 2 is 2.08 bits per heavy atom. The molecule has 0 heterocycles. The van der Waals surface area contributed by atoms with Gasteiger partial charge in [0.1, 0.15) is 0 Å². The molecule has 0 bridgehead atoms. The lowest BCUT2D eigenvalue weighted by molar-refractivity contribution is 0.281. The van der Waals surface area contributed by atoms with Crippen LogP contribution in [0.3, 0.4) is 0 Å². The summed E-state index contributed by atoms with van der Waals surface area (Å²) >= 11 is 0. The summed E-state index contributed by atoms with van der Waals surface area (Å²) in [5.74, 6) is 0. The SMILES string of the molecule is CNCCc1cccc(CO)c1. The summed E-state index contributed by atoms with van der Waals surface area (Å²) < 4.78 is 0. The fourth-order valence-corrected chi connectivity index (χ4v) is 1.15. The maximum Gasteiger partial charge on any atom is 0.0681 e. The van der Waals surface area contributed by atoms with Gasteiger partial charge in [-0.3, -0.25) is 0 Å². The van der Waals surface area contributed by atoms with Crippen molar-refractivity contribution in [3.05, 3.63) is 35.4 Å². The Morgan fingerprint density at radius 1 is 1.33 bits per heavy atom. The summed E-state index contributed by atoms with van der Waals surface area (Å²) in [5.41, 5.74) is 2.26. The third-order valence-electron chi connectivity index (χ3n) is 1.84. The first kappa shape index (κ1) is 9.23. The third kappa shape index (κ3) is 2.64. The first-order valence-electron chi connectivity index (χ1n) is 4.20. The van der Waals surface area contributed by atoms with Crippen molar-refractivity contribution in [3.8, 4) is 0 Å². The van der Waals surface area contributed by atoms with Crippen molar-refractivity contribution in [2.75, 3.05) is 13.6 Å². The van der Waals surface area contributed by atoms with E-state index in [2.05, 4.69) is 11.4 Å². The quantitative estimate of drug-likeness (QED) is 0.696. The molecule has 0 radical (unpaired) electrons. The smallest absolute Gasteiger partial charge is 0.0681 e. The van der Waals surface area contributed by atoms with Crippen LogP contribution in [0.15, 0.2) is 24.3 Å². The second-order valence-corrected chi connectivity index (χ2v) is 2.83. The van der Waals surface area contributed by atoms with E-state index in [1.807, 2.05) is 25.2 Å². The van der Waals surface area contributed by atoms with Crippen LogP contribution in [-0.4, -0.2) is 18.7 Å². The molecule has 0 aliphatic heterocycles. The Kier molecular flexibility index (Phi) is 3.77. The van der Waals surface area contributed by atoms with E-state index in [9.17, 15) is 0 Å². The number of hydrogen-bond donors (Lipinski definition) is 2. The molecule has 0 aliphatic carbocycles. The van der Waals surface area contributed by atoms with Gasteiger partial charge in [-0.1, -0.05) is 24.3 Å². The average Bonchev–Trinajstić information content (AvgIpc) is 2.15. The second-order valence-electron chi connectivity index (χ2n) is 2.83. The van der Waals surface area contributed by atoms with Crippen LogP contribution >= 0.6 is 0 Å². The molecule has 0 aliphatic rings. The third-order valence-corrected chi connectivity index (χ3v) is 1.84. The number of aliphatic hydroxyl groups is 1. The molecule has 0 aromatic heterocycles. The number of nitrogens with one attached hydrogen (secondary N) is 1. The van der Waals surface area contributed by atoms with Gasteiger partial charge in [0.05, 0.1) is 6.61 Å². The molecule has 0 spiro atoms. The Hall–Kier alpha value is -0.860. The molecule has 0 amide bonds. The minimum absolute atomic E-state index is 0.132. The van der Waals surface area contributed by atoms with Crippen LogP contribution in [0.4, 0.5) is 0 Å². The maximum atomic E-state index is 8.87. The van der Waals surface area contributed by atoms with E-state index in [1.165, 1.54) is 5.56 Å². The van der Waals surface area contributed by atoms with E-state index < -0.39 is 0 Å².